The van der Waals surface area contributed by atoms with Crippen LogP contribution in [0.3, 0.4) is 0 Å². The van der Waals surface area contributed by atoms with Crippen LogP contribution in [-0.4, -0.2) is 27.5 Å². The lowest BCUT2D eigenvalue weighted by Crippen LogP contribution is -2.66. The third-order valence-electron chi connectivity index (χ3n) is 18.6. The van der Waals surface area contributed by atoms with Gasteiger partial charge in [-0.1, -0.05) is 182 Å². The molecule has 0 radical (unpaired) electrons. The minimum absolute atomic E-state index is 0.0778. The molecule has 81 heavy (non-hydrogen) atoms. The van der Waals surface area contributed by atoms with Crippen molar-refractivity contribution in [2.24, 2.45) is 0 Å². The maximum Gasteiger partial charge on any atom is 0.252 e. The summed E-state index contributed by atoms with van der Waals surface area (Å²) >= 11 is 1.93. The summed E-state index contributed by atoms with van der Waals surface area (Å²) in [6.07, 6.45) is 0. The molecule has 0 unspecified atom stereocenters. The molecule has 6 nitrogen and oxygen atoms in total. The lowest BCUT2D eigenvalue weighted by atomic mass is 9.30. The first-order chi connectivity index (χ1) is 40.1. The Morgan fingerprint density at radius 2 is 0.630 bits per heavy atom. The summed E-state index contributed by atoms with van der Waals surface area (Å²) in [6, 6.07) is 91.5. The number of hydrogen-bond donors (Lipinski definition) is 0. The zero-order valence-corrected chi connectivity index (χ0v) is 45.2. The average molecular weight is 1050 g/mol. The van der Waals surface area contributed by atoms with Gasteiger partial charge >= 0.3 is 0 Å². The van der Waals surface area contributed by atoms with E-state index in [-0.39, 0.29) is 13.4 Å². The Hall–Kier alpha value is -9.95. The first kappa shape index (κ1) is 44.0. The fourth-order valence-electron chi connectivity index (χ4n) is 15.2. The van der Waals surface area contributed by atoms with Gasteiger partial charge in [0.25, 0.3) is 13.4 Å². The number of rotatable bonds is 4. The van der Waals surface area contributed by atoms with Crippen LogP contribution in [-0.2, 0) is 0 Å². The molecule has 12 aromatic rings. The van der Waals surface area contributed by atoms with E-state index in [1.54, 1.807) is 0 Å². The third-order valence-corrected chi connectivity index (χ3v) is 19.8. The number of nitrogens with zero attached hydrogens (tertiary/aromatic N) is 6. The van der Waals surface area contributed by atoms with Gasteiger partial charge in [0.15, 0.2) is 0 Å². The van der Waals surface area contributed by atoms with E-state index in [9.17, 15) is 0 Å². The molecule has 9 heteroatoms. The molecule has 0 atom stereocenters. The lowest BCUT2D eigenvalue weighted by molar-refractivity contribution is 1.12. The Morgan fingerprint density at radius 1 is 0.247 bits per heavy atom. The molecule has 0 saturated heterocycles. The van der Waals surface area contributed by atoms with E-state index >= 15 is 0 Å². The first-order valence-corrected chi connectivity index (χ1v) is 28.9. The highest BCUT2D eigenvalue weighted by Crippen LogP contribution is 2.66. The van der Waals surface area contributed by atoms with Crippen molar-refractivity contribution in [2.75, 3.05) is 43.5 Å². The van der Waals surface area contributed by atoms with Crippen molar-refractivity contribution in [3.8, 4) is 43.1 Å². The Kier molecular flexibility index (Phi) is 8.62. The topological polar surface area (TPSA) is 19.4 Å². The van der Waals surface area contributed by atoms with E-state index in [1.165, 1.54) is 167 Å². The molecule has 0 N–H and O–H groups in total. The number of benzene rings is 11. The van der Waals surface area contributed by atoms with Crippen LogP contribution < -0.4 is 62.2 Å². The minimum atomic E-state index is -0.0893. The van der Waals surface area contributed by atoms with Crippen molar-refractivity contribution >= 4 is 149 Å². The molecule has 1 aromatic heterocycles. The number of hydrogen-bond acceptors (Lipinski definition) is 7. The zero-order valence-electron chi connectivity index (χ0n) is 44.3. The number of para-hydroxylation sites is 4. The fraction of sp³-hybridized carbons (Fsp3) is 0.0278. The van der Waals surface area contributed by atoms with Crippen molar-refractivity contribution in [3.63, 3.8) is 0 Å². The van der Waals surface area contributed by atoms with Crippen molar-refractivity contribution in [2.45, 2.75) is 0 Å². The van der Waals surface area contributed by atoms with Crippen LogP contribution in [0, 0.1) is 0 Å². The maximum absolute atomic E-state index is 2.74. The monoisotopic (exact) mass is 1050 g/mol. The number of anilines is 16. The van der Waals surface area contributed by atoms with Gasteiger partial charge in [-0.3, -0.25) is 0 Å². The van der Waals surface area contributed by atoms with Crippen molar-refractivity contribution in [1.29, 1.82) is 0 Å². The number of fused-ring (bicyclic) bond motifs is 17. The average Bonchev–Trinajstić information content (AvgIpc) is 4.08. The smallest absolute Gasteiger partial charge is 0.252 e. The van der Waals surface area contributed by atoms with Crippen LogP contribution in [0.5, 0.6) is 0 Å². The maximum atomic E-state index is 2.74. The Balaban J connectivity index is 0.967. The van der Waals surface area contributed by atoms with Gasteiger partial charge in [-0.25, -0.2) is 0 Å². The van der Waals surface area contributed by atoms with E-state index in [0.717, 1.165) is 0 Å². The van der Waals surface area contributed by atoms with E-state index in [4.69, 9.17) is 0 Å². The van der Waals surface area contributed by atoms with Crippen LogP contribution in [0.15, 0.2) is 243 Å². The largest absolute Gasteiger partial charge is 0.341 e. The fourth-order valence-corrected chi connectivity index (χ4v) is 16.5. The van der Waals surface area contributed by atoms with E-state index in [0.29, 0.717) is 0 Å². The molecule has 7 aliphatic heterocycles. The van der Waals surface area contributed by atoms with Gasteiger partial charge in [0.05, 0.1) is 78.0 Å². The molecular formula is C72H46B2N6S. The van der Waals surface area contributed by atoms with Gasteiger partial charge in [-0.05, 0) is 127 Å². The highest BCUT2D eigenvalue weighted by atomic mass is 32.1. The summed E-state index contributed by atoms with van der Waals surface area (Å²) in [5, 5.41) is 0. The molecule has 0 amide bonds. The molecule has 376 valence electrons. The highest BCUT2D eigenvalue weighted by Gasteiger charge is 2.55. The van der Waals surface area contributed by atoms with E-state index in [2.05, 4.69) is 286 Å². The first-order valence-electron chi connectivity index (χ1n) is 28.1. The minimum Gasteiger partial charge on any atom is -0.341 e. The Morgan fingerprint density at radius 3 is 1.14 bits per heavy atom. The second kappa shape index (κ2) is 15.9. The van der Waals surface area contributed by atoms with E-state index < -0.39 is 0 Å². The highest BCUT2D eigenvalue weighted by molar-refractivity contribution is 7.20. The summed E-state index contributed by atoms with van der Waals surface area (Å²) in [4.78, 5) is 18.0. The van der Waals surface area contributed by atoms with Gasteiger partial charge in [-0.2, -0.15) is 0 Å². The summed E-state index contributed by atoms with van der Waals surface area (Å²) in [5.41, 5.74) is 34.7. The number of thiophene rings is 1. The molecular weight excluding hydrogens is 1000 g/mol. The van der Waals surface area contributed by atoms with Gasteiger partial charge in [-0.15, -0.1) is 11.3 Å². The summed E-state index contributed by atoms with van der Waals surface area (Å²) < 4.78 is 0. The molecule has 19 rings (SSSR count). The Bertz CT molecular complexity index is 4740. The Labute approximate surface area is 475 Å². The van der Waals surface area contributed by atoms with Crippen LogP contribution in [0.2, 0.25) is 0 Å². The second-order valence-corrected chi connectivity index (χ2v) is 23.5. The van der Waals surface area contributed by atoms with Crippen molar-refractivity contribution in [3.05, 3.63) is 243 Å². The summed E-state index contributed by atoms with van der Waals surface area (Å²) in [7, 11) is 4.50. The van der Waals surface area contributed by atoms with Crippen molar-refractivity contribution in [1.82, 2.24) is 0 Å². The van der Waals surface area contributed by atoms with Gasteiger partial charge in [0.2, 0.25) is 0 Å². The van der Waals surface area contributed by atoms with Gasteiger partial charge < -0.3 is 29.4 Å². The summed E-state index contributed by atoms with van der Waals surface area (Å²) in [5.74, 6) is 0. The standard InChI is InChI=1S/C72H46B2N6S/c1-75-54-27-15-17-29-56(54)77-53-36-32-47(43-19-7-3-8-20-43)41-52(53)74-51-35-34-50-65-66(51)80(59-38-39-60(75)67(77)64(59)74)70-69(71(45-23-11-5-12-24-45)81-72(70)46-25-13-6-14-26-46)79(65)58-37-40-61-68-63(58)73(50)49-33-31-48(44-21-9-4-10-22-44)42-62(49)78(68)57-30-18-16-28-55(57)76(61)2/h3-42H,1-2H3. The van der Waals surface area contributed by atoms with Gasteiger partial charge in [0, 0.05) is 36.8 Å². The molecule has 0 fully saturated rings. The van der Waals surface area contributed by atoms with Crippen LogP contribution >= 0.6 is 11.3 Å². The molecule has 7 aliphatic rings. The SMILES string of the molecule is CN1c2ccccc2N2c3ccc(-c4ccccc4)cc3B3c4ccc5c6c4N(c4ccc1c2c43)c1c(-c2ccccc2)sc(-c2ccccc2)c1N6c1ccc2c3c1B5c1ccc(-c4ccccc4)cc1N3c1ccccc1N2C. The van der Waals surface area contributed by atoms with E-state index in [1.807, 2.05) is 11.3 Å². The third kappa shape index (κ3) is 5.58. The van der Waals surface area contributed by atoms with Crippen LogP contribution in [0.4, 0.5) is 91.0 Å². The summed E-state index contributed by atoms with van der Waals surface area (Å²) in [6.45, 7) is -0.167. The van der Waals surface area contributed by atoms with Crippen LogP contribution in [0.1, 0.15) is 0 Å². The van der Waals surface area contributed by atoms with Crippen LogP contribution in [0.25, 0.3) is 43.1 Å². The molecule has 0 saturated carbocycles. The molecule has 0 aliphatic carbocycles. The predicted octanol–water partition coefficient (Wildman–Crippen LogP) is 15.1. The molecule has 0 spiro atoms. The predicted molar refractivity (Wildman–Crippen MR) is 344 cm³/mol. The normalized spacial score (nSPS) is 14.3. The zero-order chi connectivity index (χ0) is 52.9. The van der Waals surface area contributed by atoms with Gasteiger partial charge in [0.1, 0.15) is 0 Å². The molecule has 11 aromatic carbocycles. The molecule has 8 heterocycles. The quantitative estimate of drug-likeness (QED) is 0.162. The second-order valence-electron chi connectivity index (χ2n) is 22.4. The van der Waals surface area contributed by atoms with Crippen molar-refractivity contribution < 1.29 is 0 Å². The molecule has 0 bridgehead atoms. The lowest BCUT2D eigenvalue weighted by Gasteiger charge is -2.53.